The third-order valence-electron chi connectivity index (χ3n) is 5.03. The molecule has 1 heterocycles. The van der Waals surface area contributed by atoms with Crippen LogP contribution in [0.2, 0.25) is 0 Å². The Hall–Kier alpha value is -3.97. The second kappa shape index (κ2) is 9.67. The number of thiophene rings is 1. The van der Waals surface area contributed by atoms with Crippen molar-refractivity contribution in [3.8, 4) is 39.2 Å². The highest BCUT2D eigenvalue weighted by atomic mass is 32.1. The molecular weight excluding hydrogens is 440 g/mol. The number of hydrogen-bond acceptors (Lipinski definition) is 6. The van der Waals surface area contributed by atoms with Crippen molar-refractivity contribution in [3.05, 3.63) is 72.3 Å². The summed E-state index contributed by atoms with van der Waals surface area (Å²) in [5.74, 6) is 2.33. The summed E-state index contributed by atoms with van der Waals surface area (Å²) in [5.41, 5.74) is 1.64. The number of carboxylic acid groups (broad SMARTS) is 1. The number of benzene rings is 3. The van der Waals surface area contributed by atoms with Gasteiger partial charge in [0, 0.05) is 27.8 Å². The second-order valence-corrected chi connectivity index (χ2v) is 8.08. The Morgan fingerprint density at radius 2 is 1.55 bits per heavy atom. The van der Waals surface area contributed by atoms with Gasteiger partial charge in [-0.2, -0.15) is 0 Å². The number of hydrogen-bond donors (Lipinski definition) is 1. The Bertz CT molecular complexity index is 1320. The van der Waals surface area contributed by atoms with E-state index in [4.69, 9.17) is 24.1 Å². The van der Waals surface area contributed by atoms with Crippen LogP contribution in [0.1, 0.15) is 5.56 Å². The fourth-order valence-electron chi connectivity index (χ4n) is 3.39. The summed E-state index contributed by atoms with van der Waals surface area (Å²) in [4.78, 5) is 11.8. The lowest BCUT2D eigenvalue weighted by molar-refractivity contribution is -0.131. The van der Waals surface area contributed by atoms with Crippen LogP contribution in [0.25, 0.3) is 26.6 Å². The minimum absolute atomic E-state index is 0.511. The summed E-state index contributed by atoms with van der Waals surface area (Å²) >= 11 is 1.61. The summed E-state index contributed by atoms with van der Waals surface area (Å²) in [7, 11) is 4.81. The van der Waals surface area contributed by atoms with E-state index >= 15 is 0 Å². The summed E-state index contributed by atoms with van der Waals surface area (Å²) < 4.78 is 23.5. The Morgan fingerprint density at radius 3 is 2.21 bits per heavy atom. The molecule has 33 heavy (non-hydrogen) atoms. The molecule has 0 saturated heterocycles. The van der Waals surface area contributed by atoms with Crippen LogP contribution in [-0.4, -0.2) is 32.4 Å². The molecule has 1 N–H and O–H groups in total. The third kappa shape index (κ3) is 4.78. The molecule has 4 rings (SSSR count). The number of aliphatic carboxylic acids is 1. The molecule has 0 fully saturated rings. The largest absolute Gasteiger partial charge is 0.497 e. The molecule has 0 aliphatic carbocycles. The van der Waals surface area contributed by atoms with Gasteiger partial charge in [0.05, 0.1) is 26.2 Å². The maximum atomic E-state index is 10.9. The van der Waals surface area contributed by atoms with E-state index in [-0.39, 0.29) is 0 Å². The highest BCUT2D eigenvalue weighted by Crippen LogP contribution is 2.47. The smallest absolute Gasteiger partial charge is 0.328 e. The minimum atomic E-state index is -1.03. The van der Waals surface area contributed by atoms with Gasteiger partial charge < -0.3 is 24.1 Å². The molecule has 0 aliphatic heterocycles. The monoisotopic (exact) mass is 462 g/mol. The molecule has 6 nitrogen and oxygen atoms in total. The van der Waals surface area contributed by atoms with Crippen LogP contribution in [0.3, 0.4) is 0 Å². The molecule has 0 atom stereocenters. The van der Waals surface area contributed by atoms with Gasteiger partial charge in [0.1, 0.15) is 23.0 Å². The van der Waals surface area contributed by atoms with Gasteiger partial charge in [-0.3, -0.25) is 0 Å². The molecule has 0 bridgehead atoms. The normalized spacial score (nSPS) is 11.0. The Labute approximate surface area is 195 Å². The SMILES string of the molecule is COc1ccc(-c2sc3cc(OC)ccc3c2Oc2ccc(/C=C/C(=O)O)c(OC)c2)cc1. The topological polar surface area (TPSA) is 74.2 Å². The van der Waals surface area contributed by atoms with E-state index in [0.717, 1.165) is 43.9 Å². The minimum Gasteiger partial charge on any atom is -0.497 e. The summed E-state index contributed by atoms with van der Waals surface area (Å²) in [6.45, 7) is 0. The van der Waals surface area contributed by atoms with Crippen LogP contribution < -0.4 is 18.9 Å². The fraction of sp³-hybridized carbons (Fsp3) is 0.115. The lowest BCUT2D eigenvalue weighted by Gasteiger charge is -2.11. The lowest BCUT2D eigenvalue weighted by atomic mass is 10.1. The van der Waals surface area contributed by atoms with E-state index in [0.29, 0.717) is 17.1 Å². The van der Waals surface area contributed by atoms with Crippen molar-refractivity contribution in [1.82, 2.24) is 0 Å². The maximum absolute atomic E-state index is 10.9. The van der Waals surface area contributed by atoms with Crippen molar-refractivity contribution >= 4 is 33.5 Å². The van der Waals surface area contributed by atoms with E-state index in [1.807, 2.05) is 42.5 Å². The lowest BCUT2D eigenvalue weighted by Crippen LogP contribution is -1.92. The van der Waals surface area contributed by atoms with Crippen LogP contribution in [0.4, 0.5) is 0 Å². The molecule has 0 spiro atoms. The Morgan fingerprint density at radius 1 is 0.848 bits per heavy atom. The maximum Gasteiger partial charge on any atom is 0.328 e. The molecule has 0 amide bonds. The quantitative estimate of drug-likeness (QED) is 0.302. The van der Waals surface area contributed by atoms with Gasteiger partial charge in [-0.15, -0.1) is 11.3 Å². The molecule has 1 aromatic heterocycles. The summed E-state index contributed by atoms with van der Waals surface area (Å²) in [5, 5.41) is 9.86. The molecule has 3 aromatic carbocycles. The number of carbonyl (C=O) groups is 1. The van der Waals surface area contributed by atoms with Crippen LogP contribution in [0.5, 0.6) is 28.7 Å². The molecular formula is C26H22O6S. The standard InChI is InChI=1S/C26H22O6S/c1-29-18-8-5-17(6-9-18)26-25(21-12-11-19(30-2)15-23(21)33-26)32-20-10-4-16(7-13-24(27)28)22(14-20)31-3/h4-15H,1-3H3,(H,27,28)/b13-7+. The van der Waals surface area contributed by atoms with Crippen molar-refractivity contribution in [2.45, 2.75) is 0 Å². The second-order valence-electron chi connectivity index (χ2n) is 7.03. The molecule has 7 heteroatoms. The van der Waals surface area contributed by atoms with Crippen LogP contribution in [-0.2, 0) is 4.79 Å². The van der Waals surface area contributed by atoms with Crippen molar-refractivity contribution in [1.29, 1.82) is 0 Å². The first-order valence-electron chi connectivity index (χ1n) is 10.0. The third-order valence-corrected chi connectivity index (χ3v) is 6.22. The van der Waals surface area contributed by atoms with Crippen LogP contribution in [0, 0.1) is 0 Å². The van der Waals surface area contributed by atoms with E-state index in [2.05, 4.69) is 0 Å². The zero-order valence-corrected chi connectivity index (χ0v) is 19.1. The van der Waals surface area contributed by atoms with Crippen molar-refractivity contribution < 1.29 is 28.8 Å². The van der Waals surface area contributed by atoms with Crippen LogP contribution in [0.15, 0.2) is 66.7 Å². The molecule has 0 saturated carbocycles. The molecule has 0 aliphatic rings. The highest BCUT2D eigenvalue weighted by Gasteiger charge is 2.18. The van der Waals surface area contributed by atoms with Crippen molar-refractivity contribution in [2.24, 2.45) is 0 Å². The van der Waals surface area contributed by atoms with Gasteiger partial charge in [0.25, 0.3) is 0 Å². The van der Waals surface area contributed by atoms with Gasteiger partial charge >= 0.3 is 5.97 Å². The number of rotatable bonds is 8. The van der Waals surface area contributed by atoms with Gasteiger partial charge in [-0.1, -0.05) is 0 Å². The van der Waals surface area contributed by atoms with E-state index in [1.165, 1.54) is 13.2 Å². The van der Waals surface area contributed by atoms with E-state index in [9.17, 15) is 4.79 Å². The van der Waals surface area contributed by atoms with Gasteiger partial charge in [-0.05, 0) is 66.2 Å². The summed E-state index contributed by atoms with van der Waals surface area (Å²) in [6, 6.07) is 19.0. The van der Waals surface area contributed by atoms with Crippen LogP contribution >= 0.6 is 11.3 Å². The predicted octanol–water partition coefficient (Wildman–Crippen LogP) is 6.48. The van der Waals surface area contributed by atoms with E-state index < -0.39 is 5.97 Å². The molecule has 4 aromatic rings. The predicted molar refractivity (Wildman–Crippen MR) is 130 cm³/mol. The first-order chi connectivity index (χ1) is 16.0. The van der Waals surface area contributed by atoms with Crippen molar-refractivity contribution in [3.63, 3.8) is 0 Å². The Kier molecular flexibility index (Phi) is 6.51. The number of ether oxygens (including phenoxy) is 4. The van der Waals surface area contributed by atoms with Crippen molar-refractivity contribution in [2.75, 3.05) is 21.3 Å². The molecule has 0 unspecified atom stereocenters. The fourth-order valence-corrected chi connectivity index (χ4v) is 4.55. The number of fused-ring (bicyclic) bond motifs is 1. The average molecular weight is 463 g/mol. The summed E-state index contributed by atoms with van der Waals surface area (Å²) in [6.07, 6.45) is 2.56. The van der Waals surface area contributed by atoms with Gasteiger partial charge in [-0.25, -0.2) is 4.79 Å². The number of methoxy groups -OCH3 is 3. The molecule has 0 radical (unpaired) electrons. The number of carboxylic acids is 1. The Balaban J connectivity index is 1.79. The van der Waals surface area contributed by atoms with Gasteiger partial charge in [0.2, 0.25) is 0 Å². The first-order valence-corrected chi connectivity index (χ1v) is 10.9. The zero-order chi connectivity index (χ0) is 23.4. The van der Waals surface area contributed by atoms with Gasteiger partial charge in [0.15, 0.2) is 5.75 Å². The molecule has 168 valence electrons. The zero-order valence-electron chi connectivity index (χ0n) is 18.3. The average Bonchev–Trinajstić information content (AvgIpc) is 3.20. The first kappa shape index (κ1) is 22.2. The highest BCUT2D eigenvalue weighted by molar-refractivity contribution is 7.22. The van der Waals surface area contributed by atoms with E-state index in [1.54, 1.807) is 43.8 Å².